The third-order valence-corrected chi connectivity index (χ3v) is 2.23. The fourth-order valence-electron chi connectivity index (χ4n) is 1.34. The average molecular weight is 179 g/mol. The van der Waals surface area contributed by atoms with Crippen LogP contribution in [0.25, 0.3) is 0 Å². The van der Waals surface area contributed by atoms with Crippen molar-refractivity contribution >= 4 is 17.2 Å². The van der Waals surface area contributed by atoms with Gasteiger partial charge in [-0.1, -0.05) is 30.4 Å². The number of fused-ring (bicyclic) bond motifs is 1. The van der Waals surface area contributed by atoms with Crippen LogP contribution in [0.1, 0.15) is 5.56 Å². The number of thiocarbonyl (C=S) groups is 1. The standard InChI is InChI=1S/C9H9NOS/c10-9(12)8-5-6-3-1-2-4-7(6)11-8/h1-4,8H,5H2,(H2,10,12). The Kier molecular flexibility index (Phi) is 1.73. The molecule has 0 bridgehead atoms. The molecule has 1 aromatic carbocycles. The summed E-state index contributed by atoms with van der Waals surface area (Å²) >= 11 is 4.86. The predicted molar refractivity (Wildman–Crippen MR) is 51.3 cm³/mol. The highest BCUT2D eigenvalue weighted by molar-refractivity contribution is 7.80. The normalized spacial score (nSPS) is 19.8. The second-order valence-electron chi connectivity index (χ2n) is 2.82. The van der Waals surface area contributed by atoms with Gasteiger partial charge < -0.3 is 10.5 Å². The van der Waals surface area contributed by atoms with E-state index in [9.17, 15) is 0 Å². The van der Waals surface area contributed by atoms with Gasteiger partial charge in [0.1, 0.15) is 10.7 Å². The third kappa shape index (κ3) is 1.16. The van der Waals surface area contributed by atoms with Gasteiger partial charge in [0, 0.05) is 6.42 Å². The van der Waals surface area contributed by atoms with Gasteiger partial charge in [0.2, 0.25) is 0 Å². The summed E-state index contributed by atoms with van der Waals surface area (Å²) in [7, 11) is 0. The molecule has 0 aromatic heterocycles. The molecule has 0 fully saturated rings. The Balaban J connectivity index is 2.27. The van der Waals surface area contributed by atoms with Crippen molar-refractivity contribution in [3.63, 3.8) is 0 Å². The topological polar surface area (TPSA) is 35.2 Å². The lowest BCUT2D eigenvalue weighted by molar-refractivity contribution is 0.303. The monoisotopic (exact) mass is 179 g/mol. The molecule has 0 amide bonds. The first-order chi connectivity index (χ1) is 5.77. The third-order valence-electron chi connectivity index (χ3n) is 1.96. The van der Waals surface area contributed by atoms with Gasteiger partial charge in [-0.2, -0.15) is 0 Å². The second-order valence-corrected chi connectivity index (χ2v) is 3.29. The zero-order valence-electron chi connectivity index (χ0n) is 6.49. The largest absolute Gasteiger partial charge is 0.483 e. The second kappa shape index (κ2) is 2.75. The summed E-state index contributed by atoms with van der Waals surface area (Å²) in [6, 6.07) is 7.91. The number of nitrogens with two attached hydrogens (primary N) is 1. The molecule has 3 heteroatoms. The number of ether oxygens (including phenoxy) is 1. The maximum absolute atomic E-state index is 5.50. The average Bonchev–Trinajstić information content (AvgIpc) is 2.46. The van der Waals surface area contributed by atoms with Crippen LogP contribution in [0.3, 0.4) is 0 Å². The predicted octanol–water partition coefficient (Wildman–Crippen LogP) is 1.28. The van der Waals surface area contributed by atoms with Crippen LogP contribution in [-0.2, 0) is 6.42 Å². The van der Waals surface area contributed by atoms with Crippen LogP contribution in [0.4, 0.5) is 0 Å². The molecule has 1 aromatic rings. The fraction of sp³-hybridized carbons (Fsp3) is 0.222. The van der Waals surface area contributed by atoms with Crippen molar-refractivity contribution in [3.8, 4) is 5.75 Å². The molecule has 1 aliphatic rings. The summed E-state index contributed by atoms with van der Waals surface area (Å²) in [5, 5.41) is 0. The summed E-state index contributed by atoms with van der Waals surface area (Å²) in [5.74, 6) is 0.912. The van der Waals surface area contributed by atoms with Crippen molar-refractivity contribution in [2.24, 2.45) is 5.73 Å². The van der Waals surface area contributed by atoms with E-state index in [1.807, 2.05) is 24.3 Å². The lowest BCUT2D eigenvalue weighted by atomic mass is 10.1. The van der Waals surface area contributed by atoms with Crippen LogP contribution < -0.4 is 10.5 Å². The first kappa shape index (κ1) is 7.55. The quantitative estimate of drug-likeness (QED) is 0.659. The Labute approximate surface area is 76.3 Å². The van der Waals surface area contributed by atoms with Gasteiger partial charge in [0.05, 0.1) is 0 Å². The molecule has 0 radical (unpaired) electrons. The molecule has 0 aliphatic carbocycles. The molecule has 0 saturated heterocycles. The molecule has 62 valence electrons. The van der Waals surface area contributed by atoms with Gasteiger partial charge >= 0.3 is 0 Å². The van der Waals surface area contributed by atoms with E-state index in [-0.39, 0.29) is 6.10 Å². The van der Waals surface area contributed by atoms with Crippen molar-refractivity contribution in [2.45, 2.75) is 12.5 Å². The van der Waals surface area contributed by atoms with Gasteiger partial charge in [0.25, 0.3) is 0 Å². The number of para-hydroxylation sites is 1. The van der Waals surface area contributed by atoms with Crippen molar-refractivity contribution in [3.05, 3.63) is 29.8 Å². The van der Waals surface area contributed by atoms with Gasteiger partial charge in [-0.25, -0.2) is 0 Å². The van der Waals surface area contributed by atoms with Crippen LogP contribution in [-0.4, -0.2) is 11.1 Å². The van der Waals surface area contributed by atoms with Crippen molar-refractivity contribution in [1.82, 2.24) is 0 Å². The Bertz CT molecular complexity index is 299. The minimum atomic E-state index is -0.0996. The van der Waals surface area contributed by atoms with Gasteiger partial charge in [-0.05, 0) is 11.6 Å². The molecule has 1 aliphatic heterocycles. The summed E-state index contributed by atoms with van der Waals surface area (Å²) in [6.45, 7) is 0. The number of hydrogen-bond acceptors (Lipinski definition) is 2. The maximum Gasteiger partial charge on any atom is 0.152 e. The van der Waals surface area contributed by atoms with E-state index in [0.29, 0.717) is 4.99 Å². The zero-order chi connectivity index (χ0) is 8.55. The highest BCUT2D eigenvalue weighted by atomic mass is 32.1. The molecule has 2 N–H and O–H groups in total. The van der Waals surface area contributed by atoms with Crippen molar-refractivity contribution in [1.29, 1.82) is 0 Å². The lowest BCUT2D eigenvalue weighted by Crippen LogP contribution is -2.30. The Hall–Kier alpha value is -1.09. The molecule has 0 spiro atoms. The van der Waals surface area contributed by atoms with Gasteiger partial charge in [-0.15, -0.1) is 0 Å². The number of benzene rings is 1. The van der Waals surface area contributed by atoms with E-state index < -0.39 is 0 Å². The summed E-state index contributed by atoms with van der Waals surface area (Å²) in [6.07, 6.45) is 0.711. The summed E-state index contributed by atoms with van der Waals surface area (Å²) in [5.41, 5.74) is 6.67. The smallest absolute Gasteiger partial charge is 0.152 e. The molecule has 2 nitrogen and oxygen atoms in total. The maximum atomic E-state index is 5.50. The molecule has 1 atom stereocenters. The highest BCUT2D eigenvalue weighted by Crippen LogP contribution is 2.27. The molecular weight excluding hydrogens is 170 g/mol. The van der Waals surface area contributed by atoms with Gasteiger partial charge in [0.15, 0.2) is 6.10 Å². The number of rotatable bonds is 1. The van der Waals surface area contributed by atoms with Crippen LogP contribution in [0.5, 0.6) is 5.75 Å². The van der Waals surface area contributed by atoms with E-state index in [1.165, 1.54) is 5.56 Å². The minimum absolute atomic E-state index is 0.0996. The summed E-state index contributed by atoms with van der Waals surface area (Å²) < 4.78 is 5.50. The molecule has 1 heterocycles. The Morgan fingerprint density at radius 2 is 2.25 bits per heavy atom. The number of hydrogen-bond donors (Lipinski definition) is 1. The van der Waals surface area contributed by atoms with Crippen LogP contribution in [0, 0.1) is 0 Å². The first-order valence-electron chi connectivity index (χ1n) is 3.81. The van der Waals surface area contributed by atoms with Crippen LogP contribution in [0.2, 0.25) is 0 Å². The van der Waals surface area contributed by atoms with Crippen molar-refractivity contribution < 1.29 is 4.74 Å². The molecule has 1 unspecified atom stereocenters. The molecule has 2 rings (SSSR count). The van der Waals surface area contributed by atoms with E-state index in [4.69, 9.17) is 22.7 Å². The lowest BCUT2D eigenvalue weighted by Gasteiger charge is -2.06. The highest BCUT2D eigenvalue weighted by Gasteiger charge is 2.23. The fourth-order valence-corrected chi connectivity index (χ4v) is 1.47. The molecule has 12 heavy (non-hydrogen) atoms. The van der Waals surface area contributed by atoms with Gasteiger partial charge in [-0.3, -0.25) is 0 Å². The van der Waals surface area contributed by atoms with Crippen molar-refractivity contribution in [2.75, 3.05) is 0 Å². The minimum Gasteiger partial charge on any atom is -0.483 e. The van der Waals surface area contributed by atoms with E-state index in [0.717, 1.165) is 12.2 Å². The van der Waals surface area contributed by atoms with E-state index in [1.54, 1.807) is 0 Å². The Morgan fingerprint density at radius 1 is 1.50 bits per heavy atom. The SMILES string of the molecule is NC(=S)C1Cc2ccccc2O1. The van der Waals surface area contributed by atoms with Crippen LogP contribution in [0.15, 0.2) is 24.3 Å². The first-order valence-corrected chi connectivity index (χ1v) is 4.22. The van der Waals surface area contributed by atoms with Crippen LogP contribution >= 0.6 is 12.2 Å². The Morgan fingerprint density at radius 3 is 2.92 bits per heavy atom. The van der Waals surface area contributed by atoms with E-state index in [2.05, 4.69) is 0 Å². The summed E-state index contributed by atoms with van der Waals surface area (Å²) in [4.78, 5) is 0.436. The molecular formula is C9H9NOS. The van der Waals surface area contributed by atoms with E-state index >= 15 is 0 Å². The zero-order valence-corrected chi connectivity index (χ0v) is 7.30. The molecule has 0 saturated carbocycles.